The maximum Gasteiger partial charge on any atom is 0.229 e. The van der Waals surface area contributed by atoms with Crippen molar-refractivity contribution in [3.8, 4) is 0 Å². The minimum Gasteiger partial charge on any atom is -0.368 e. The number of anilines is 3. The van der Waals surface area contributed by atoms with Crippen LogP contribution in [-0.2, 0) is 5.79 Å². The highest BCUT2D eigenvalue weighted by Crippen LogP contribution is 2.21. The number of hydrogen-bond donors (Lipinski definition) is 5. The fraction of sp³-hybridized carbons (Fsp3) is 0.250. The Kier molecular flexibility index (Phi) is 3.97. The van der Waals surface area contributed by atoms with Crippen LogP contribution in [0.25, 0.3) is 0 Å². The van der Waals surface area contributed by atoms with Gasteiger partial charge in [0.1, 0.15) is 0 Å². The molecule has 0 aliphatic carbocycles. The van der Waals surface area contributed by atoms with E-state index in [2.05, 4.69) is 20.3 Å². The monoisotopic (exact) mass is 276 g/mol. The Bertz CT molecular complexity index is 555. The molecule has 8 heteroatoms. The molecule has 1 heterocycles. The standard InChI is InChI=1S/C12H16N6O2/c13-9-16-10(14)18-11(17-9)15-7-6-12(19,20)8-4-2-1-3-5-8/h1-5,19-20H,6-7H2,(H5,13,14,15,16,17,18). The first-order valence-corrected chi connectivity index (χ1v) is 5.98. The van der Waals surface area contributed by atoms with Crippen LogP contribution >= 0.6 is 0 Å². The number of nitrogens with zero attached hydrogens (tertiary/aromatic N) is 3. The molecular formula is C12H16N6O2. The number of nitrogen functional groups attached to an aromatic ring is 2. The van der Waals surface area contributed by atoms with Crippen molar-refractivity contribution in [2.75, 3.05) is 23.3 Å². The van der Waals surface area contributed by atoms with Gasteiger partial charge in [0.05, 0.1) is 0 Å². The first-order chi connectivity index (χ1) is 9.47. The molecule has 7 N–H and O–H groups in total. The summed E-state index contributed by atoms with van der Waals surface area (Å²) in [5.41, 5.74) is 11.3. The second kappa shape index (κ2) is 5.68. The van der Waals surface area contributed by atoms with Gasteiger partial charge in [-0.25, -0.2) is 0 Å². The molecule has 20 heavy (non-hydrogen) atoms. The Morgan fingerprint density at radius 3 is 2.20 bits per heavy atom. The molecule has 0 aliphatic rings. The summed E-state index contributed by atoms with van der Waals surface area (Å²) in [6, 6.07) is 8.54. The minimum atomic E-state index is -1.93. The number of aromatic nitrogens is 3. The van der Waals surface area contributed by atoms with Gasteiger partial charge in [0, 0.05) is 18.5 Å². The molecule has 2 aromatic rings. The molecule has 2 rings (SSSR count). The predicted octanol–water partition coefficient (Wildman–Crippen LogP) is -0.324. The number of aliphatic hydroxyl groups is 2. The summed E-state index contributed by atoms with van der Waals surface area (Å²) < 4.78 is 0. The molecular weight excluding hydrogens is 260 g/mol. The molecule has 0 saturated heterocycles. The van der Waals surface area contributed by atoms with Crippen LogP contribution in [0.2, 0.25) is 0 Å². The van der Waals surface area contributed by atoms with Crippen LogP contribution in [0, 0.1) is 0 Å². The summed E-state index contributed by atoms with van der Waals surface area (Å²) in [6.45, 7) is 0.227. The molecule has 0 radical (unpaired) electrons. The quantitative estimate of drug-likeness (QED) is 0.467. The topological polar surface area (TPSA) is 143 Å². The molecule has 1 aromatic carbocycles. The van der Waals surface area contributed by atoms with Gasteiger partial charge in [-0.05, 0) is 0 Å². The smallest absolute Gasteiger partial charge is 0.229 e. The van der Waals surface area contributed by atoms with Crippen LogP contribution in [0.3, 0.4) is 0 Å². The van der Waals surface area contributed by atoms with E-state index < -0.39 is 5.79 Å². The van der Waals surface area contributed by atoms with Gasteiger partial charge in [-0.1, -0.05) is 30.3 Å². The van der Waals surface area contributed by atoms with E-state index in [-0.39, 0.29) is 30.8 Å². The average molecular weight is 276 g/mol. The largest absolute Gasteiger partial charge is 0.368 e. The lowest BCUT2D eigenvalue weighted by Crippen LogP contribution is -2.28. The van der Waals surface area contributed by atoms with Gasteiger partial charge in [0.15, 0.2) is 5.79 Å². The van der Waals surface area contributed by atoms with E-state index >= 15 is 0 Å². The number of rotatable bonds is 5. The van der Waals surface area contributed by atoms with Crippen LogP contribution in [0.1, 0.15) is 12.0 Å². The SMILES string of the molecule is Nc1nc(N)nc(NCCC(O)(O)c2ccccc2)n1. The molecule has 0 atom stereocenters. The van der Waals surface area contributed by atoms with Crippen molar-refractivity contribution in [1.82, 2.24) is 15.0 Å². The van der Waals surface area contributed by atoms with E-state index in [9.17, 15) is 10.2 Å². The zero-order valence-electron chi connectivity index (χ0n) is 10.7. The summed E-state index contributed by atoms with van der Waals surface area (Å²) in [7, 11) is 0. The molecule has 0 fully saturated rings. The van der Waals surface area contributed by atoms with E-state index in [1.165, 1.54) is 0 Å². The number of nitrogens with one attached hydrogen (secondary N) is 1. The molecule has 0 saturated carbocycles. The van der Waals surface area contributed by atoms with Gasteiger partial charge >= 0.3 is 0 Å². The Morgan fingerprint density at radius 2 is 1.60 bits per heavy atom. The summed E-state index contributed by atoms with van der Waals surface area (Å²) in [4.78, 5) is 11.3. The zero-order chi connectivity index (χ0) is 14.6. The predicted molar refractivity (Wildman–Crippen MR) is 74.3 cm³/mol. The van der Waals surface area contributed by atoms with Gasteiger partial charge in [-0.2, -0.15) is 15.0 Å². The molecule has 0 aliphatic heterocycles. The Morgan fingerprint density at radius 1 is 1.00 bits per heavy atom. The third-order valence-corrected chi connectivity index (χ3v) is 2.66. The Labute approximate surface area is 115 Å². The highest BCUT2D eigenvalue weighted by Gasteiger charge is 2.24. The van der Waals surface area contributed by atoms with Crippen molar-refractivity contribution < 1.29 is 10.2 Å². The van der Waals surface area contributed by atoms with E-state index in [1.54, 1.807) is 30.3 Å². The fourth-order valence-corrected chi connectivity index (χ4v) is 1.69. The first-order valence-electron chi connectivity index (χ1n) is 5.98. The summed E-state index contributed by atoms with van der Waals surface area (Å²) in [5.74, 6) is -1.73. The molecule has 0 amide bonds. The van der Waals surface area contributed by atoms with Crippen molar-refractivity contribution in [2.24, 2.45) is 0 Å². The zero-order valence-corrected chi connectivity index (χ0v) is 10.7. The average Bonchev–Trinajstić information content (AvgIpc) is 2.38. The lowest BCUT2D eigenvalue weighted by Gasteiger charge is -2.22. The van der Waals surface area contributed by atoms with Gasteiger partial charge in [0.2, 0.25) is 17.8 Å². The Hall–Kier alpha value is -2.45. The molecule has 8 nitrogen and oxygen atoms in total. The van der Waals surface area contributed by atoms with E-state index in [1.807, 2.05) is 0 Å². The number of nitrogens with two attached hydrogens (primary N) is 2. The van der Waals surface area contributed by atoms with Crippen molar-refractivity contribution in [3.63, 3.8) is 0 Å². The van der Waals surface area contributed by atoms with Crippen LogP contribution in [0.5, 0.6) is 0 Å². The van der Waals surface area contributed by atoms with Crippen molar-refractivity contribution in [1.29, 1.82) is 0 Å². The number of benzene rings is 1. The third kappa shape index (κ3) is 3.53. The fourth-order valence-electron chi connectivity index (χ4n) is 1.69. The van der Waals surface area contributed by atoms with Crippen molar-refractivity contribution in [3.05, 3.63) is 35.9 Å². The molecule has 0 spiro atoms. The summed E-state index contributed by atoms with van der Waals surface area (Å²) in [6.07, 6.45) is 0.0442. The normalized spacial score (nSPS) is 11.3. The molecule has 106 valence electrons. The van der Waals surface area contributed by atoms with E-state index in [0.717, 1.165) is 0 Å². The minimum absolute atomic E-state index is 0.00215. The second-order valence-corrected chi connectivity index (χ2v) is 4.23. The maximum atomic E-state index is 9.99. The van der Waals surface area contributed by atoms with Gasteiger partial charge in [-0.15, -0.1) is 0 Å². The van der Waals surface area contributed by atoms with Crippen LogP contribution in [-0.4, -0.2) is 31.7 Å². The summed E-state index contributed by atoms with van der Waals surface area (Å²) in [5, 5.41) is 22.8. The lowest BCUT2D eigenvalue weighted by molar-refractivity contribution is -0.171. The highest BCUT2D eigenvalue weighted by atomic mass is 16.5. The van der Waals surface area contributed by atoms with Gasteiger partial charge < -0.3 is 27.0 Å². The van der Waals surface area contributed by atoms with Crippen LogP contribution < -0.4 is 16.8 Å². The van der Waals surface area contributed by atoms with Crippen LogP contribution in [0.4, 0.5) is 17.8 Å². The third-order valence-electron chi connectivity index (χ3n) is 2.66. The van der Waals surface area contributed by atoms with E-state index in [4.69, 9.17) is 11.5 Å². The van der Waals surface area contributed by atoms with E-state index in [0.29, 0.717) is 5.56 Å². The van der Waals surface area contributed by atoms with Crippen LogP contribution in [0.15, 0.2) is 30.3 Å². The van der Waals surface area contributed by atoms with Gasteiger partial charge in [0.25, 0.3) is 0 Å². The van der Waals surface area contributed by atoms with Crippen molar-refractivity contribution in [2.45, 2.75) is 12.2 Å². The highest BCUT2D eigenvalue weighted by molar-refractivity contribution is 5.37. The first kappa shape index (κ1) is 14.0. The lowest BCUT2D eigenvalue weighted by atomic mass is 10.0. The molecule has 0 unspecified atom stereocenters. The van der Waals surface area contributed by atoms with Crippen molar-refractivity contribution >= 4 is 17.8 Å². The Balaban J connectivity index is 1.95. The number of hydrogen-bond acceptors (Lipinski definition) is 8. The molecule has 0 bridgehead atoms. The van der Waals surface area contributed by atoms with Gasteiger partial charge in [-0.3, -0.25) is 0 Å². The maximum absolute atomic E-state index is 9.99. The molecule has 1 aromatic heterocycles. The second-order valence-electron chi connectivity index (χ2n) is 4.23. The summed E-state index contributed by atoms with van der Waals surface area (Å²) >= 11 is 0.